The molecule has 0 unspecified atom stereocenters. The van der Waals surface area contributed by atoms with Crippen LogP contribution in [-0.2, 0) is 9.53 Å². The summed E-state index contributed by atoms with van der Waals surface area (Å²) >= 11 is 0. The second kappa shape index (κ2) is 6.89. The molecular weight excluding hydrogens is 254 g/mol. The monoisotopic (exact) mass is 273 g/mol. The van der Waals surface area contributed by atoms with Crippen LogP contribution in [0.5, 0.6) is 0 Å². The predicted molar refractivity (Wildman–Crippen MR) is 76.2 cm³/mol. The Morgan fingerprint density at radius 2 is 2.00 bits per heavy atom. The van der Waals surface area contributed by atoms with Gasteiger partial charge in [0.25, 0.3) is 5.91 Å². The van der Waals surface area contributed by atoms with Crippen LogP contribution in [-0.4, -0.2) is 30.1 Å². The van der Waals surface area contributed by atoms with E-state index in [1.807, 2.05) is 24.3 Å². The number of aryl methyl sites for hydroxylation is 1. The van der Waals surface area contributed by atoms with Gasteiger partial charge < -0.3 is 4.74 Å². The summed E-state index contributed by atoms with van der Waals surface area (Å²) in [5.41, 5.74) is 2.08. The number of nitrogens with zero attached hydrogens (tertiary/aromatic N) is 1. The molecule has 0 saturated carbocycles. The van der Waals surface area contributed by atoms with E-state index in [-0.39, 0.29) is 5.91 Å². The van der Waals surface area contributed by atoms with Gasteiger partial charge >= 0.3 is 6.09 Å². The summed E-state index contributed by atoms with van der Waals surface area (Å²) in [5.74, 6) is -0.167. The Morgan fingerprint density at radius 3 is 2.45 bits per heavy atom. The lowest BCUT2D eigenvalue weighted by Crippen LogP contribution is -2.32. The van der Waals surface area contributed by atoms with Crippen molar-refractivity contribution in [1.29, 1.82) is 0 Å². The van der Waals surface area contributed by atoms with Gasteiger partial charge in [0.1, 0.15) is 6.61 Å². The van der Waals surface area contributed by atoms with Crippen molar-refractivity contribution in [2.75, 3.05) is 13.2 Å². The molecule has 106 valence electrons. The molecule has 2 amide bonds. The van der Waals surface area contributed by atoms with E-state index in [0.29, 0.717) is 13.2 Å². The van der Waals surface area contributed by atoms with E-state index >= 15 is 0 Å². The second-order valence-corrected chi connectivity index (χ2v) is 4.85. The topological polar surface area (TPSA) is 46.6 Å². The van der Waals surface area contributed by atoms with Crippen LogP contribution >= 0.6 is 0 Å². The van der Waals surface area contributed by atoms with Gasteiger partial charge in [0.15, 0.2) is 0 Å². The fourth-order valence-electron chi connectivity index (χ4n) is 2.15. The molecule has 0 bridgehead atoms. The van der Waals surface area contributed by atoms with E-state index < -0.39 is 6.09 Å². The van der Waals surface area contributed by atoms with Crippen molar-refractivity contribution in [3.63, 3.8) is 0 Å². The molecule has 4 nitrogen and oxygen atoms in total. The number of ether oxygens (including phenoxy) is 1. The summed E-state index contributed by atoms with van der Waals surface area (Å²) in [6.07, 6.45) is 4.17. The van der Waals surface area contributed by atoms with E-state index in [1.54, 1.807) is 0 Å². The summed E-state index contributed by atoms with van der Waals surface area (Å²) < 4.78 is 4.69. The third-order valence-corrected chi connectivity index (χ3v) is 3.26. The van der Waals surface area contributed by atoms with Crippen molar-refractivity contribution >= 4 is 12.0 Å². The third kappa shape index (κ3) is 3.70. The van der Waals surface area contributed by atoms with Crippen molar-refractivity contribution in [2.24, 2.45) is 0 Å². The Hall–Kier alpha value is -2.10. The van der Waals surface area contributed by atoms with Crippen molar-refractivity contribution < 1.29 is 14.3 Å². The highest BCUT2D eigenvalue weighted by molar-refractivity contribution is 6.03. The maximum Gasteiger partial charge on any atom is 0.416 e. The molecule has 1 aromatic carbocycles. The van der Waals surface area contributed by atoms with Gasteiger partial charge in [-0.3, -0.25) is 4.79 Å². The maximum absolute atomic E-state index is 11.6. The van der Waals surface area contributed by atoms with Crippen LogP contribution in [0.15, 0.2) is 42.0 Å². The maximum atomic E-state index is 11.6. The van der Waals surface area contributed by atoms with Gasteiger partial charge in [0, 0.05) is 5.57 Å². The van der Waals surface area contributed by atoms with Gasteiger partial charge in [0.2, 0.25) is 0 Å². The van der Waals surface area contributed by atoms with Crippen LogP contribution < -0.4 is 0 Å². The Balaban J connectivity index is 0.000000178. The molecule has 1 aromatic rings. The van der Waals surface area contributed by atoms with Crippen LogP contribution in [0.1, 0.15) is 24.8 Å². The number of benzene rings is 1. The lowest BCUT2D eigenvalue weighted by Gasteiger charge is -2.10. The Morgan fingerprint density at radius 1 is 1.25 bits per heavy atom. The van der Waals surface area contributed by atoms with Crippen molar-refractivity contribution in [3.05, 3.63) is 47.5 Å². The molecule has 1 fully saturated rings. The Kier molecular flexibility index (Phi) is 4.93. The highest BCUT2D eigenvalue weighted by Crippen LogP contribution is 2.21. The summed E-state index contributed by atoms with van der Waals surface area (Å²) in [6, 6.07) is 10.3. The molecule has 0 radical (unpaired) electrons. The van der Waals surface area contributed by atoms with Crippen molar-refractivity contribution in [1.82, 2.24) is 4.90 Å². The number of hydrogen-bond acceptors (Lipinski definition) is 3. The molecule has 3 rings (SSSR count). The van der Waals surface area contributed by atoms with Gasteiger partial charge in [-0.1, -0.05) is 42.0 Å². The number of carbonyl (C=O) groups is 2. The summed E-state index contributed by atoms with van der Waals surface area (Å²) in [7, 11) is 0. The minimum atomic E-state index is -0.502. The molecule has 4 heteroatoms. The molecule has 0 N–H and O–H groups in total. The molecule has 1 saturated heterocycles. The zero-order chi connectivity index (χ0) is 14.4. The molecule has 1 heterocycles. The summed E-state index contributed by atoms with van der Waals surface area (Å²) in [4.78, 5) is 23.8. The number of hydrogen-bond donors (Lipinski definition) is 0. The van der Waals surface area contributed by atoms with Crippen LogP contribution in [0, 0.1) is 6.92 Å². The minimum Gasteiger partial charge on any atom is -0.447 e. The lowest BCUT2D eigenvalue weighted by atomic mass is 10.2. The lowest BCUT2D eigenvalue weighted by molar-refractivity contribution is -0.123. The number of carbonyl (C=O) groups excluding carboxylic acids is 2. The molecule has 1 aliphatic carbocycles. The average molecular weight is 273 g/mol. The fraction of sp³-hybridized carbons (Fsp3) is 0.375. The van der Waals surface area contributed by atoms with E-state index in [1.165, 1.54) is 10.5 Å². The molecule has 0 aromatic heterocycles. The first-order valence-corrected chi connectivity index (χ1v) is 6.88. The highest BCUT2D eigenvalue weighted by atomic mass is 16.6. The predicted octanol–water partition coefficient (Wildman–Crippen LogP) is 3.07. The van der Waals surface area contributed by atoms with E-state index in [4.69, 9.17) is 0 Å². The zero-order valence-corrected chi connectivity index (χ0v) is 11.7. The first-order chi connectivity index (χ1) is 9.68. The van der Waals surface area contributed by atoms with Gasteiger partial charge in [-0.2, -0.15) is 0 Å². The zero-order valence-electron chi connectivity index (χ0n) is 11.7. The van der Waals surface area contributed by atoms with E-state index in [0.717, 1.165) is 24.8 Å². The van der Waals surface area contributed by atoms with Crippen molar-refractivity contribution in [3.8, 4) is 0 Å². The second-order valence-electron chi connectivity index (χ2n) is 4.85. The van der Waals surface area contributed by atoms with E-state index in [2.05, 4.69) is 23.8 Å². The molecule has 0 spiro atoms. The Labute approximate surface area is 119 Å². The number of amides is 2. The number of imide groups is 1. The highest BCUT2D eigenvalue weighted by Gasteiger charge is 2.30. The van der Waals surface area contributed by atoms with Crippen molar-refractivity contribution in [2.45, 2.75) is 26.2 Å². The average Bonchev–Trinajstić information content (AvgIpc) is 3.11. The van der Waals surface area contributed by atoms with Gasteiger partial charge in [0.05, 0.1) is 6.54 Å². The quantitative estimate of drug-likeness (QED) is 0.790. The van der Waals surface area contributed by atoms with Crippen LogP contribution in [0.4, 0.5) is 4.79 Å². The molecule has 0 atom stereocenters. The van der Waals surface area contributed by atoms with Crippen LogP contribution in [0.25, 0.3) is 0 Å². The van der Waals surface area contributed by atoms with Gasteiger partial charge in [-0.25, -0.2) is 9.69 Å². The van der Waals surface area contributed by atoms with E-state index in [9.17, 15) is 9.59 Å². The Bertz CT molecular complexity index is 508. The number of allylic oxidation sites excluding steroid dienone is 1. The van der Waals surface area contributed by atoms with Gasteiger partial charge in [-0.15, -0.1) is 0 Å². The first kappa shape index (κ1) is 14.3. The standard InChI is InChI=1S/C9H11NO3.C7H8/c11-8(7-3-1-2-4-7)10-5-6-13-9(10)12;1-7-5-3-2-4-6-7/h3H,1-2,4-6H2;2-6H,1H3. The van der Waals surface area contributed by atoms with Crippen LogP contribution in [0.2, 0.25) is 0 Å². The molecule has 2 aliphatic rings. The largest absolute Gasteiger partial charge is 0.447 e. The van der Waals surface area contributed by atoms with Crippen LogP contribution in [0.3, 0.4) is 0 Å². The summed E-state index contributed by atoms with van der Waals surface area (Å²) in [6.45, 7) is 2.81. The molecule has 20 heavy (non-hydrogen) atoms. The molecule has 1 aliphatic heterocycles. The third-order valence-electron chi connectivity index (χ3n) is 3.26. The fourth-order valence-corrected chi connectivity index (χ4v) is 2.15. The van der Waals surface area contributed by atoms with Gasteiger partial charge in [-0.05, 0) is 26.2 Å². The number of rotatable bonds is 1. The minimum absolute atomic E-state index is 0.167. The normalized spacial score (nSPS) is 17.1. The smallest absolute Gasteiger partial charge is 0.416 e. The number of cyclic esters (lactones) is 1. The summed E-state index contributed by atoms with van der Waals surface area (Å²) in [5, 5.41) is 0. The molecular formula is C16H19NO3. The SMILES string of the molecule is Cc1ccccc1.O=C1OCCN1C(=O)C1=CCCC1. The first-order valence-electron chi connectivity index (χ1n) is 6.88.